The number of benzene rings is 1. The molecule has 1 aliphatic rings. The Bertz CT molecular complexity index is 577. The van der Waals surface area contributed by atoms with Gasteiger partial charge in [0.15, 0.2) is 5.06 Å². The number of fused-ring (bicyclic) bond motifs is 3. The molecule has 2 heterocycles. The van der Waals surface area contributed by atoms with Gasteiger partial charge in [-0.05, 0) is 26.0 Å². The molecular weight excluding hydrogens is 222 g/mol. The molecule has 1 aromatic carbocycles. The first kappa shape index (κ1) is 9.91. The van der Waals surface area contributed by atoms with Crippen molar-refractivity contribution >= 4 is 22.5 Å². The molecule has 3 heteroatoms. The van der Waals surface area contributed by atoms with Crippen LogP contribution in [0.4, 0.5) is 0 Å². The van der Waals surface area contributed by atoms with Crippen LogP contribution in [0.1, 0.15) is 18.2 Å². The summed E-state index contributed by atoms with van der Waals surface area (Å²) in [6.07, 6.45) is 0.716. The molecule has 0 saturated heterocycles. The quantitative estimate of drug-likeness (QED) is 0.651. The molecule has 1 aromatic heterocycles. The van der Waals surface area contributed by atoms with Crippen molar-refractivity contribution in [3.8, 4) is 5.75 Å². The Kier molecular flexibility index (Phi) is 1.93. The van der Waals surface area contributed by atoms with E-state index in [2.05, 4.69) is 4.98 Å². The van der Waals surface area contributed by atoms with E-state index in [-0.39, 0.29) is 0 Å². The molecule has 0 radical (unpaired) electrons. The fourth-order valence-electron chi connectivity index (χ4n) is 2.23. The standard InChI is InChI=1S/C13H12ClNO/c1-8-10-7-13(2,14)16-12(10)9-5-3-4-6-11(9)15-8/h3-6H,7H2,1-2H3. The third-order valence-corrected chi connectivity index (χ3v) is 3.17. The van der Waals surface area contributed by atoms with Gasteiger partial charge in [-0.15, -0.1) is 0 Å². The van der Waals surface area contributed by atoms with E-state index in [1.807, 2.05) is 38.1 Å². The lowest BCUT2D eigenvalue weighted by Gasteiger charge is -2.14. The molecule has 0 N–H and O–H groups in total. The lowest BCUT2D eigenvalue weighted by molar-refractivity contribution is 0.211. The Labute approximate surface area is 99.2 Å². The first-order chi connectivity index (χ1) is 7.57. The molecule has 1 unspecified atom stereocenters. The van der Waals surface area contributed by atoms with Crippen molar-refractivity contribution < 1.29 is 4.74 Å². The van der Waals surface area contributed by atoms with Gasteiger partial charge in [0.25, 0.3) is 0 Å². The summed E-state index contributed by atoms with van der Waals surface area (Å²) in [5, 5.41) is 0.422. The molecule has 2 aromatic rings. The van der Waals surface area contributed by atoms with Crippen molar-refractivity contribution in [2.45, 2.75) is 25.3 Å². The Hall–Kier alpha value is -1.28. The van der Waals surface area contributed by atoms with E-state index in [1.54, 1.807) is 0 Å². The van der Waals surface area contributed by atoms with Crippen LogP contribution < -0.4 is 4.74 Å². The van der Waals surface area contributed by atoms with Gasteiger partial charge in [0, 0.05) is 23.1 Å². The lowest BCUT2D eigenvalue weighted by Crippen LogP contribution is -2.21. The zero-order valence-corrected chi connectivity index (χ0v) is 10.0. The van der Waals surface area contributed by atoms with Gasteiger partial charge < -0.3 is 4.74 Å². The Morgan fingerprint density at radius 3 is 2.94 bits per heavy atom. The fraction of sp³-hybridized carbons (Fsp3) is 0.308. The number of para-hydroxylation sites is 1. The number of halogens is 1. The molecule has 0 spiro atoms. The maximum absolute atomic E-state index is 6.26. The number of ether oxygens (including phenoxy) is 1. The minimum absolute atomic E-state index is 0.626. The van der Waals surface area contributed by atoms with Gasteiger partial charge in [0.05, 0.1) is 5.52 Å². The summed E-state index contributed by atoms with van der Waals surface area (Å²) in [4.78, 5) is 4.57. The summed E-state index contributed by atoms with van der Waals surface area (Å²) < 4.78 is 5.81. The Morgan fingerprint density at radius 2 is 2.12 bits per heavy atom. The van der Waals surface area contributed by atoms with Crippen LogP contribution in [0.3, 0.4) is 0 Å². The second kappa shape index (κ2) is 3.11. The number of hydrogen-bond donors (Lipinski definition) is 0. The van der Waals surface area contributed by atoms with Crippen LogP contribution >= 0.6 is 11.6 Å². The number of aryl methyl sites for hydroxylation is 1. The SMILES string of the molecule is Cc1nc2ccccc2c2c1CC(C)(Cl)O2. The molecule has 82 valence electrons. The molecule has 1 atom stereocenters. The van der Waals surface area contributed by atoms with Crippen LogP contribution in [0, 0.1) is 6.92 Å². The van der Waals surface area contributed by atoms with Crippen molar-refractivity contribution in [1.82, 2.24) is 4.98 Å². The Balaban J connectivity index is 2.35. The molecular formula is C13H12ClNO. The zero-order valence-electron chi connectivity index (χ0n) is 9.25. The molecule has 0 saturated carbocycles. The average Bonchev–Trinajstić information content (AvgIpc) is 2.55. The lowest BCUT2D eigenvalue weighted by atomic mass is 10.1. The van der Waals surface area contributed by atoms with E-state index in [0.717, 1.165) is 27.9 Å². The van der Waals surface area contributed by atoms with E-state index in [4.69, 9.17) is 16.3 Å². The average molecular weight is 234 g/mol. The Morgan fingerprint density at radius 1 is 1.38 bits per heavy atom. The number of aromatic nitrogens is 1. The smallest absolute Gasteiger partial charge is 0.183 e. The summed E-state index contributed by atoms with van der Waals surface area (Å²) in [7, 11) is 0. The number of rotatable bonds is 0. The van der Waals surface area contributed by atoms with E-state index in [9.17, 15) is 0 Å². The molecule has 2 nitrogen and oxygen atoms in total. The first-order valence-electron chi connectivity index (χ1n) is 5.33. The van der Waals surface area contributed by atoms with Crippen LogP contribution in [0.15, 0.2) is 24.3 Å². The molecule has 0 bridgehead atoms. The van der Waals surface area contributed by atoms with Gasteiger partial charge in [0.1, 0.15) is 5.75 Å². The first-order valence-corrected chi connectivity index (χ1v) is 5.71. The fourth-order valence-corrected chi connectivity index (χ4v) is 2.44. The van der Waals surface area contributed by atoms with Crippen LogP contribution in [-0.2, 0) is 6.42 Å². The van der Waals surface area contributed by atoms with Gasteiger partial charge in [-0.1, -0.05) is 23.7 Å². The van der Waals surface area contributed by atoms with Gasteiger partial charge in [0.2, 0.25) is 0 Å². The number of hydrogen-bond acceptors (Lipinski definition) is 2. The summed E-state index contributed by atoms with van der Waals surface area (Å²) in [5.74, 6) is 0.903. The third kappa shape index (κ3) is 1.37. The minimum atomic E-state index is -0.626. The maximum Gasteiger partial charge on any atom is 0.183 e. The molecule has 16 heavy (non-hydrogen) atoms. The third-order valence-electron chi connectivity index (χ3n) is 2.96. The topological polar surface area (TPSA) is 22.1 Å². The van der Waals surface area contributed by atoms with E-state index >= 15 is 0 Å². The highest BCUT2D eigenvalue weighted by atomic mass is 35.5. The highest BCUT2D eigenvalue weighted by Gasteiger charge is 2.35. The van der Waals surface area contributed by atoms with Gasteiger partial charge >= 0.3 is 0 Å². The van der Waals surface area contributed by atoms with E-state index in [1.165, 1.54) is 0 Å². The second-order valence-electron chi connectivity index (χ2n) is 4.40. The predicted molar refractivity (Wildman–Crippen MR) is 65.1 cm³/mol. The van der Waals surface area contributed by atoms with Crippen molar-refractivity contribution in [3.63, 3.8) is 0 Å². The molecule has 0 amide bonds. The van der Waals surface area contributed by atoms with Gasteiger partial charge in [-0.3, -0.25) is 4.98 Å². The maximum atomic E-state index is 6.26. The predicted octanol–water partition coefficient (Wildman–Crippen LogP) is 3.43. The van der Waals surface area contributed by atoms with Crippen LogP contribution in [0.5, 0.6) is 5.75 Å². The largest absolute Gasteiger partial charge is 0.471 e. The van der Waals surface area contributed by atoms with Crippen molar-refractivity contribution in [3.05, 3.63) is 35.5 Å². The van der Waals surface area contributed by atoms with Gasteiger partial charge in [-0.25, -0.2) is 0 Å². The molecule has 0 fully saturated rings. The molecule has 0 aliphatic carbocycles. The van der Waals surface area contributed by atoms with Crippen LogP contribution in [0.25, 0.3) is 10.9 Å². The van der Waals surface area contributed by atoms with Crippen molar-refractivity contribution in [2.24, 2.45) is 0 Å². The highest BCUT2D eigenvalue weighted by Crippen LogP contribution is 2.42. The van der Waals surface area contributed by atoms with Gasteiger partial charge in [-0.2, -0.15) is 0 Å². The highest BCUT2D eigenvalue weighted by molar-refractivity contribution is 6.23. The normalized spacial score (nSPS) is 23.2. The summed E-state index contributed by atoms with van der Waals surface area (Å²) in [6, 6.07) is 8.00. The van der Waals surface area contributed by atoms with Crippen molar-refractivity contribution in [2.75, 3.05) is 0 Å². The summed E-state index contributed by atoms with van der Waals surface area (Å²) in [5.41, 5.74) is 3.11. The number of pyridine rings is 1. The second-order valence-corrected chi connectivity index (χ2v) is 5.20. The molecule has 3 rings (SSSR count). The zero-order chi connectivity index (χ0) is 11.3. The molecule has 1 aliphatic heterocycles. The van der Waals surface area contributed by atoms with Crippen LogP contribution in [-0.4, -0.2) is 10.0 Å². The summed E-state index contributed by atoms with van der Waals surface area (Å²) in [6.45, 7) is 3.90. The monoisotopic (exact) mass is 233 g/mol. The van der Waals surface area contributed by atoms with Crippen molar-refractivity contribution in [1.29, 1.82) is 0 Å². The number of alkyl halides is 1. The van der Waals surface area contributed by atoms with E-state index in [0.29, 0.717) is 6.42 Å². The van der Waals surface area contributed by atoms with Crippen LogP contribution in [0.2, 0.25) is 0 Å². The summed E-state index contributed by atoms with van der Waals surface area (Å²) >= 11 is 6.26. The minimum Gasteiger partial charge on any atom is -0.471 e. The van der Waals surface area contributed by atoms with E-state index < -0.39 is 5.06 Å². The number of nitrogens with zero attached hydrogens (tertiary/aromatic N) is 1.